The molecule has 1 N–H and O–H groups in total. The van der Waals surface area contributed by atoms with Gasteiger partial charge in [-0.1, -0.05) is 11.6 Å². The Balaban J connectivity index is 2.83. The van der Waals surface area contributed by atoms with Gasteiger partial charge in [0.05, 0.1) is 5.56 Å². The molecule has 0 atom stereocenters. The Labute approximate surface area is 82.1 Å². The van der Waals surface area contributed by atoms with Crippen molar-refractivity contribution in [3.63, 3.8) is 0 Å². The van der Waals surface area contributed by atoms with E-state index >= 15 is 0 Å². The van der Waals surface area contributed by atoms with Crippen LogP contribution in [0, 0.1) is 0 Å². The van der Waals surface area contributed by atoms with Gasteiger partial charge in [-0.25, -0.2) is 4.98 Å². The molecule has 0 spiro atoms. The zero-order valence-electron chi connectivity index (χ0n) is 7.54. The first-order valence-electron chi connectivity index (χ1n) is 4.02. The van der Waals surface area contributed by atoms with E-state index < -0.39 is 0 Å². The van der Waals surface area contributed by atoms with Gasteiger partial charge in [0.25, 0.3) is 5.91 Å². The maximum Gasteiger partial charge on any atom is 0.254 e. The first-order chi connectivity index (χ1) is 6.11. The third kappa shape index (κ3) is 2.70. The summed E-state index contributed by atoms with van der Waals surface area (Å²) in [5, 5.41) is 2.97. The predicted molar refractivity (Wildman–Crippen MR) is 51.8 cm³/mol. The molecule has 0 aliphatic heterocycles. The quantitative estimate of drug-likeness (QED) is 0.738. The minimum absolute atomic E-state index is 0.101. The van der Waals surface area contributed by atoms with E-state index in [2.05, 4.69) is 10.3 Å². The van der Waals surface area contributed by atoms with E-state index in [-0.39, 0.29) is 17.1 Å². The van der Waals surface area contributed by atoms with Crippen LogP contribution in [0.25, 0.3) is 0 Å². The fraction of sp³-hybridized carbons (Fsp3) is 0.333. The average Bonchev–Trinajstić information content (AvgIpc) is 2.03. The summed E-state index contributed by atoms with van der Waals surface area (Å²) in [6.45, 7) is 3.78. The number of halogens is 1. The number of pyridine rings is 1. The van der Waals surface area contributed by atoms with Gasteiger partial charge in [-0.15, -0.1) is 0 Å². The second-order valence-corrected chi connectivity index (χ2v) is 3.33. The second kappa shape index (κ2) is 4.23. The molecule has 0 radical (unpaired) electrons. The second-order valence-electron chi connectivity index (χ2n) is 2.97. The highest BCUT2D eigenvalue weighted by Gasteiger charge is 2.10. The number of carbonyl (C=O) groups excluding carboxylic acids is 1. The molecule has 0 unspecified atom stereocenters. The number of rotatable bonds is 2. The van der Waals surface area contributed by atoms with Gasteiger partial charge in [0, 0.05) is 12.2 Å². The van der Waals surface area contributed by atoms with Gasteiger partial charge in [0.2, 0.25) is 0 Å². The van der Waals surface area contributed by atoms with Crippen molar-refractivity contribution in [1.29, 1.82) is 0 Å². The maximum absolute atomic E-state index is 11.4. The molecule has 3 nitrogen and oxygen atoms in total. The van der Waals surface area contributed by atoms with Crippen LogP contribution in [0.1, 0.15) is 24.2 Å². The first kappa shape index (κ1) is 9.99. The van der Waals surface area contributed by atoms with Crippen molar-refractivity contribution < 1.29 is 4.79 Å². The van der Waals surface area contributed by atoms with Crippen molar-refractivity contribution in [2.24, 2.45) is 0 Å². The van der Waals surface area contributed by atoms with Crippen LogP contribution < -0.4 is 5.32 Å². The van der Waals surface area contributed by atoms with Crippen LogP contribution in [0.4, 0.5) is 0 Å². The molecule has 1 rings (SSSR count). The molecule has 0 aromatic carbocycles. The molecule has 0 aliphatic rings. The zero-order valence-corrected chi connectivity index (χ0v) is 8.30. The van der Waals surface area contributed by atoms with Crippen molar-refractivity contribution in [2.75, 3.05) is 0 Å². The molecule has 1 amide bonds. The molecule has 0 fully saturated rings. The van der Waals surface area contributed by atoms with E-state index in [0.717, 1.165) is 0 Å². The average molecular weight is 199 g/mol. The summed E-state index contributed by atoms with van der Waals surface area (Å²) in [6.07, 6.45) is 1.55. The van der Waals surface area contributed by atoms with E-state index in [1.54, 1.807) is 18.3 Å². The van der Waals surface area contributed by atoms with Crippen molar-refractivity contribution in [3.8, 4) is 0 Å². The first-order valence-corrected chi connectivity index (χ1v) is 4.40. The van der Waals surface area contributed by atoms with Crippen LogP contribution in [0.3, 0.4) is 0 Å². The van der Waals surface area contributed by atoms with Crippen molar-refractivity contribution in [3.05, 3.63) is 29.0 Å². The number of amides is 1. The fourth-order valence-electron chi connectivity index (χ4n) is 0.895. The highest BCUT2D eigenvalue weighted by molar-refractivity contribution is 6.32. The Bertz CT molecular complexity index is 312. The van der Waals surface area contributed by atoms with E-state index in [1.807, 2.05) is 13.8 Å². The minimum atomic E-state index is -0.187. The van der Waals surface area contributed by atoms with Crippen LogP contribution in [-0.4, -0.2) is 16.9 Å². The number of nitrogens with one attached hydrogen (secondary N) is 1. The molecule has 0 bridgehead atoms. The van der Waals surface area contributed by atoms with Gasteiger partial charge in [-0.2, -0.15) is 0 Å². The smallest absolute Gasteiger partial charge is 0.254 e. The molecule has 1 aromatic rings. The largest absolute Gasteiger partial charge is 0.350 e. The topological polar surface area (TPSA) is 42.0 Å². The lowest BCUT2D eigenvalue weighted by Crippen LogP contribution is -2.30. The Morgan fingerprint density at radius 3 is 2.85 bits per heavy atom. The lowest BCUT2D eigenvalue weighted by Gasteiger charge is -2.08. The standard InChI is InChI=1S/C9H11ClN2O/c1-6(2)12-9(13)7-4-3-5-11-8(7)10/h3-6H,1-2H3,(H,12,13). The van der Waals surface area contributed by atoms with Gasteiger partial charge in [-0.3, -0.25) is 4.79 Å². The molecular weight excluding hydrogens is 188 g/mol. The SMILES string of the molecule is CC(C)NC(=O)c1cccnc1Cl. The zero-order chi connectivity index (χ0) is 9.84. The number of aromatic nitrogens is 1. The fourth-order valence-corrected chi connectivity index (χ4v) is 1.10. The highest BCUT2D eigenvalue weighted by atomic mass is 35.5. The third-order valence-corrected chi connectivity index (χ3v) is 1.72. The van der Waals surface area contributed by atoms with E-state index in [9.17, 15) is 4.79 Å². The molecular formula is C9H11ClN2O. The van der Waals surface area contributed by atoms with Gasteiger partial charge in [0.1, 0.15) is 5.15 Å². The van der Waals surface area contributed by atoms with Gasteiger partial charge >= 0.3 is 0 Å². The molecule has 0 saturated heterocycles. The lowest BCUT2D eigenvalue weighted by molar-refractivity contribution is 0.0943. The van der Waals surface area contributed by atoms with Gasteiger partial charge in [0.15, 0.2) is 0 Å². The van der Waals surface area contributed by atoms with E-state index in [1.165, 1.54) is 0 Å². The summed E-state index contributed by atoms with van der Waals surface area (Å²) in [6, 6.07) is 3.43. The summed E-state index contributed by atoms with van der Waals surface area (Å²) in [5.74, 6) is -0.187. The van der Waals surface area contributed by atoms with E-state index in [0.29, 0.717) is 5.56 Å². The Morgan fingerprint density at radius 1 is 1.62 bits per heavy atom. The lowest BCUT2D eigenvalue weighted by atomic mass is 10.2. The molecule has 70 valence electrons. The monoisotopic (exact) mass is 198 g/mol. The number of hydrogen-bond donors (Lipinski definition) is 1. The van der Waals surface area contributed by atoms with Crippen molar-refractivity contribution >= 4 is 17.5 Å². The summed E-state index contributed by atoms with van der Waals surface area (Å²) in [4.78, 5) is 15.3. The van der Waals surface area contributed by atoms with Crippen molar-refractivity contribution in [1.82, 2.24) is 10.3 Å². The Morgan fingerprint density at radius 2 is 2.31 bits per heavy atom. The number of nitrogens with zero attached hydrogens (tertiary/aromatic N) is 1. The summed E-state index contributed by atoms with van der Waals surface area (Å²) in [5.41, 5.74) is 0.415. The molecule has 13 heavy (non-hydrogen) atoms. The van der Waals surface area contributed by atoms with Crippen LogP contribution in [0.2, 0.25) is 5.15 Å². The normalized spacial score (nSPS) is 10.2. The van der Waals surface area contributed by atoms with Crippen LogP contribution in [0.15, 0.2) is 18.3 Å². The van der Waals surface area contributed by atoms with Gasteiger partial charge in [-0.05, 0) is 26.0 Å². The van der Waals surface area contributed by atoms with Crippen LogP contribution in [-0.2, 0) is 0 Å². The summed E-state index contributed by atoms with van der Waals surface area (Å²) < 4.78 is 0. The molecule has 1 aromatic heterocycles. The van der Waals surface area contributed by atoms with Crippen LogP contribution in [0.5, 0.6) is 0 Å². The van der Waals surface area contributed by atoms with E-state index in [4.69, 9.17) is 11.6 Å². The molecule has 4 heteroatoms. The third-order valence-electron chi connectivity index (χ3n) is 1.42. The summed E-state index contributed by atoms with van der Waals surface area (Å²) in [7, 11) is 0. The molecule has 0 aliphatic carbocycles. The van der Waals surface area contributed by atoms with Crippen LogP contribution >= 0.6 is 11.6 Å². The summed E-state index contributed by atoms with van der Waals surface area (Å²) >= 11 is 5.73. The van der Waals surface area contributed by atoms with Gasteiger partial charge < -0.3 is 5.32 Å². The maximum atomic E-state index is 11.4. The Hall–Kier alpha value is -1.09. The Kier molecular flexibility index (Phi) is 3.25. The number of carbonyl (C=O) groups is 1. The molecule has 1 heterocycles. The minimum Gasteiger partial charge on any atom is -0.350 e. The highest BCUT2D eigenvalue weighted by Crippen LogP contribution is 2.10. The predicted octanol–water partition coefficient (Wildman–Crippen LogP) is 1.87. The number of hydrogen-bond acceptors (Lipinski definition) is 2. The van der Waals surface area contributed by atoms with Crippen molar-refractivity contribution in [2.45, 2.75) is 19.9 Å². The molecule has 0 saturated carbocycles.